The second kappa shape index (κ2) is 6.74. The summed E-state index contributed by atoms with van der Waals surface area (Å²) in [7, 11) is 0. The van der Waals surface area contributed by atoms with E-state index < -0.39 is 0 Å². The van der Waals surface area contributed by atoms with Crippen LogP contribution in [0.2, 0.25) is 0 Å². The Morgan fingerprint density at radius 1 is 1.23 bits per heavy atom. The zero-order chi connectivity index (χ0) is 17.5. The molecular weight excluding hydrogens is 346 g/mol. The van der Waals surface area contributed by atoms with Crippen LogP contribution < -0.4 is 5.32 Å². The summed E-state index contributed by atoms with van der Waals surface area (Å²) in [6.45, 7) is 5.58. The van der Waals surface area contributed by atoms with Crippen molar-refractivity contribution in [3.05, 3.63) is 10.4 Å². The summed E-state index contributed by atoms with van der Waals surface area (Å²) in [6.07, 6.45) is 8.73. The lowest BCUT2D eigenvalue weighted by molar-refractivity contribution is 0.258. The molecule has 0 spiro atoms. The first kappa shape index (κ1) is 16.4. The molecular formula is C18H25N7S. The zero-order valence-electron chi connectivity index (χ0n) is 15.2. The van der Waals surface area contributed by atoms with Gasteiger partial charge in [-0.25, -0.2) is 0 Å². The Bertz CT molecular complexity index is 925. The summed E-state index contributed by atoms with van der Waals surface area (Å²) in [6, 6.07) is 0.522. The monoisotopic (exact) mass is 371 g/mol. The number of aromatic nitrogens is 5. The van der Waals surface area contributed by atoms with Crippen LogP contribution in [0.3, 0.4) is 0 Å². The Morgan fingerprint density at radius 2 is 2.12 bits per heavy atom. The molecule has 0 aromatic carbocycles. The van der Waals surface area contributed by atoms with E-state index in [9.17, 15) is 0 Å². The van der Waals surface area contributed by atoms with E-state index in [1.807, 2.05) is 15.9 Å². The number of hydrogen-bond acceptors (Lipinski definition) is 7. The predicted octanol–water partition coefficient (Wildman–Crippen LogP) is 3.25. The number of nitrogens with zero attached hydrogens (tertiary/aromatic N) is 6. The van der Waals surface area contributed by atoms with Crippen LogP contribution in [0.5, 0.6) is 0 Å². The van der Waals surface area contributed by atoms with E-state index in [1.54, 1.807) is 0 Å². The molecule has 0 atom stereocenters. The third-order valence-corrected chi connectivity index (χ3v) is 6.89. The first-order valence-electron chi connectivity index (χ1n) is 9.84. The summed E-state index contributed by atoms with van der Waals surface area (Å²) >= 11 is 1.84. The molecule has 0 saturated heterocycles. The number of fused-ring (bicyclic) bond motifs is 5. The minimum absolute atomic E-state index is 0.522. The van der Waals surface area contributed by atoms with Crippen LogP contribution in [0.15, 0.2) is 0 Å². The maximum atomic E-state index is 4.80. The molecule has 0 amide bonds. The van der Waals surface area contributed by atoms with Gasteiger partial charge in [-0.1, -0.05) is 31.3 Å². The fourth-order valence-corrected chi connectivity index (χ4v) is 5.76. The lowest BCUT2D eigenvalue weighted by atomic mass is 9.95. The van der Waals surface area contributed by atoms with Crippen molar-refractivity contribution in [1.29, 1.82) is 0 Å². The Balaban J connectivity index is 1.61. The van der Waals surface area contributed by atoms with E-state index in [0.29, 0.717) is 11.8 Å². The molecule has 8 heteroatoms. The smallest absolute Gasteiger partial charge is 0.276 e. The van der Waals surface area contributed by atoms with Crippen LogP contribution in [0, 0.1) is 0 Å². The summed E-state index contributed by atoms with van der Waals surface area (Å²) in [5.41, 5.74) is 1.46. The van der Waals surface area contributed by atoms with Crippen molar-refractivity contribution in [1.82, 2.24) is 29.9 Å². The van der Waals surface area contributed by atoms with Gasteiger partial charge in [-0.05, 0) is 48.2 Å². The summed E-state index contributed by atoms with van der Waals surface area (Å²) in [5, 5.41) is 17.2. The SMILES string of the molecule is CCCN1CCc2c(sc3c2c(NC2CCCCC2)nc2nnnn23)C1. The third kappa shape index (κ3) is 2.75. The fourth-order valence-electron chi connectivity index (χ4n) is 4.43. The molecule has 26 heavy (non-hydrogen) atoms. The van der Waals surface area contributed by atoms with Crippen molar-refractivity contribution >= 4 is 33.1 Å². The van der Waals surface area contributed by atoms with Gasteiger partial charge in [0.2, 0.25) is 0 Å². The van der Waals surface area contributed by atoms with Gasteiger partial charge in [0.25, 0.3) is 5.78 Å². The van der Waals surface area contributed by atoms with E-state index in [2.05, 4.69) is 32.7 Å². The van der Waals surface area contributed by atoms with Crippen molar-refractivity contribution in [2.75, 3.05) is 18.4 Å². The van der Waals surface area contributed by atoms with Gasteiger partial charge in [0.05, 0.1) is 5.39 Å². The van der Waals surface area contributed by atoms with Crippen LogP contribution >= 0.6 is 11.3 Å². The van der Waals surface area contributed by atoms with Gasteiger partial charge < -0.3 is 5.32 Å². The molecule has 5 rings (SSSR count). The quantitative estimate of drug-likeness (QED) is 0.759. The summed E-state index contributed by atoms with van der Waals surface area (Å²) in [5.74, 6) is 1.59. The molecule has 0 radical (unpaired) electrons. The zero-order valence-corrected chi connectivity index (χ0v) is 16.1. The average Bonchev–Trinajstić information content (AvgIpc) is 3.26. The highest BCUT2D eigenvalue weighted by molar-refractivity contribution is 7.19. The van der Waals surface area contributed by atoms with Crippen LogP contribution in [0.4, 0.5) is 5.82 Å². The summed E-state index contributed by atoms with van der Waals surface area (Å²) in [4.78, 5) is 9.95. The lowest BCUT2D eigenvalue weighted by Gasteiger charge is -2.27. The topological polar surface area (TPSA) is 71.2 Å². The molecule has 0 unspecified atom stereocenters. The molecule has 3 aromatic heterocycles. The Morgan fingerprint density at radius 3 is 2.96 bits per heavy atom. The number of nitrogens with one attached hydrogen (secondary N) is 1. The highest BCUT2D eigenvalue weighted by Crippen LogP contribution is 2.39. The highest BCUT2D eigenvalue weighted by atomic mass is 32.1. The molecule has 4 heterocycles. The largest absolute Gasteiger partial charge is 0.367 e. The standard InChI is InChI=1S/C18H25N7S/c1-2-9-24-10-8-13-14(11-24)26-17-15(13)16(19-12-6-4-3-5-7-12)20-18-21-22-23-25(17)18/h12H,2-11H2,1H3,(H,19,20,21,23). The molecule has 0 bridgehead atoms. The lowest BCUT2D eigenvalue weighted by Crippen LogP contribution is -2.30. The van der Waals surface area contributed by atoms with Gasteiger partial charge in [0.1, 0.15) is 10.6 Å². The minimum atomic E-state index is 0.522. The number of tetrazole rings is 1. The van der Waals surface area contributed by atoms with Crippen molar-refractivity contribution in [2.24, 2.45) is 0 Å². The Labute approximate surface area is 156 Å². The molecule has 1 N–H and O–H groups in total. The van der Waals surface area contributed by atoms with Crippen LogP contribution in [-0.4, -0.2) is 49.1 Å². The third-order valence-electron chi connectivity index (χ3n) is 5.70. The number of hydrogen-bond donors (Lipinski definition) is 1. The molecule has 138 valence electrons. The molecule has 3 aromatic rings. The Hall–Kier alpha value is -1.80. The summed E-state index contributed by atoms with van der Waals surface area (Å²) < 4.78 is 1.81. The van der Waals surface area contributed by atoms with Gasteiger partial charge in [-0.3, -0.25) is 4.90 Å². The number of rotatable bonds is 4. The van der Waals surface area contributed by atoms with Crippen LogP contribution in [-0.2, 0) is 13.0 Å². The van der Waals surface area contributed by atoms with Crippen LogP contribution in [0.1, 0.15) is 55.9 Å². The first-order valence-corrected chi connectivity index (χ1v) is 10.7. The van der Waals surface area contributed by atoms with Gasteiger partial charge in [-0.15, -0.1) is 11.3 Å². The molecule has 1 fully saturated rings. The molecule has 1 aliphatic carbocycles. The van der Waals surface area contributed by atoms with E-state index in [0.717, 1.165) is 30.2 Å². The molecule has 1 aliphatic heterocycles. The van der Waals surface area contributed by atoms with E-state index in [4.69, 9.17) is 4.98 Å². The van der Waals surface area contributed by atoms with Gasteiger partial charge in [0.15, 0.2) is 0 Å². The van der Waals surface area contributed by atoms with Gasteiger partial charge in [0, 0.05) is 24.0 Å². The normalized spacial score (nSPS) is 19.3. The fraction of sp³-hybridized carbons (Fsp3) is 0.667. The molecule has 2 aliphatic rings. The van der Waals surface area contributed by atoms with E-state index in [-0.39, 0.29) is 0 Å². The van der Waals surface area contributed by atoms with Crippen molar-refractivity contribution in [3.63, 3.8) is 0 Å². The maximum absolute atomic E-state index is 4.80. The van der Waals surface area contributed by atoms with Gasteiger partial charge >= 0.3 is 0 Å². The number of anilines is 1. The second-order valence-electron chi connectivity index (χ2n) is 7.54. The van der Waals surface area contributed by atoms with Crippen molar-refractivity contribution in [3.8, 4) is 0 Å². The maximum Gasteiger partial charge on any atom is 0.276 e. The average molecular weight is 372 g/mol. The van der Waals surface area contributed by atoms with E-state index >= 15 is 0 Å². The minimum Gasteiger partial charge on any atom is -0.367 e. The first-order chi connectivity index (χ1) is 12.8. The Kier molecular flexibility index (Phi) is 4.24. The van der Waals surface area contributed by atoms with Crippen molar-refractivity contribution < 1.29 is 0 Å². The number of thiophene rings is 1. The van der Waals surface area contributed by atoms with Gasteiger partial charge in [-0.2, -0.15) is 9.50 Å². The second-order valence-corrected chi connectivity index (χ2v) is 8.62. The van der Waals surface area contributed by atoms with E-state index in [1.165, 1.54) is 60.9 Å². The predicted molar refractivity (Wildman–Crippen MR) is 104 cm³/mol. The van der Waals surface area contributed by atoms with Crippen molar-refractivity contribution in [2.45, 2.75) is 64.5 Å². The van der Waals surface area contributed by atoms with Crippen LogP contribution in [0.25, 0.3) is 16.0 Å². The molecule has 7 nitrogen and oxygen atoms in total. The molecule has 1 saturated carbocycles. The highest BCUT2D eigenvalue weighted by Gasteiger charge is 2.26.